The van der Waals surface area contributed by atoms with Gasteiger partial charge in [-0.25, -0.2) is 0 Å². The summed E-state index contributed by atoms with van der Waals surface area (Å²) in [5, 5.41) is 10.1. The van der Waals surface area contributed by atoms with E-state index in [0.29, 0.717) is 0 Å². The second-order valence-corrected chi connectivity index (χ2v) is 3.32. The van der Waals surface area contributed by atoms with E-state index in [0.717, 1.165) is 25.7 Å². The van der Waals surface area contributed by atoms with Crippen molar-refractivity contribution >= 4 is 5.97 Å². The molecule has 0 rings (SSSR count). The number of carboxylic acid groups (broad SMARTS) is 1. The van der Waals surface area contributed by atoms with Crippen molar-refractivity contribution in [2.45, 2.75) is 51.4 Å². The molecule has 3 heteroatoms. The maximum atomic E-state index is 10.1. The molecule has 0 amide bonds. The van der Waals surface area contributed by atoms with Crippen LogP contribution in [0.2, 0.25) is 0 Å². The third kappa shape index (κ3) is 14.3. The SMILES string of the molecule is C=CCCCCCCCCC(=O)[O-].[Cu+2]. The number of aliphatic carboxylic acids is 1. The largest absolute Gasteiger partial charge is 2.00 e. The van der Waals surface area contributed by atoms with Crippen molar-refractivity contribution in [1.82, 2.24) is 0 Å². The van der Waals surface area contributed by atoms with Crippen LogP contribution in [0, 0.1) is 0 Å². The van der Waals surface area contributed by atoms with Crippen molar-refractivity contribution in [3.8, 4) is 0 Å². The van der Waals surface area contributed by atoms with Gasteiger partial charge in [-0.2, -0.15) is 0 Å². The third-order valence-corrected chi connectivity index (χ3v) is 2.04. The van der Waals surface area contributed by atoms with E-state index in [1.165, 1.54) is 19.3 Å². The predicted molar refractivity (Wildman–Crippen MR) is 52.1 cm³/mol. The van der Waals surface area contributed by atoms with Gasteiger partial charge in [-0.1, -0.05) is 31.8 Å². The van der Waals surface area contributed by atoms with E-state index in [1.807, 2.05) is 6.08 Å². The molecule has 0 aromatic rings. The molecule has 14 heavy (non-hydrogen) atoms. The number of hydrogen-bond acceptors (Lipinski definition) is 2. The van der Waals surface area contributed by atoms with E-state index in [4.69, 9.17) is 0 Å². The first kappa shape index (κ1) is 16.2. The maximum Gasteiger partial charge on any atom is 2.00 e. The molecule has 0 aliphatic carbocycles. The zero-order valence-electron chi connectivity index (χ0n) is 8.56. The van der Waals surface area contributed by atoms with Gasteiger partial charge in [0, 0.05) is 5.97 Å². The molecule has 1 radical (unpaired) electrons. The molecule has 0 fully saturated rings. The van der Waals surface area contributed by atoms with Gasteiger partial charge in [-0.15, -0.1) is 6.58 Å². The molecule has 0 unspecified atom stereocenters. The quantitative estimate of drug-likeness (QED) is 0.355. The Balaban J connectivity index is 0. The second-order valence-electron chi connectivity index (χ2n) is 3.32. The Morgan fingerprint density at radius 1 is 1.07 bits per heavy atom. The molecule has 0 aromatic carbocycles. The zero-order valence-corrected chi connectivity index (χ0v) is 9.50. The van der Waals surface area contributed by atoms with E-state index in [-0.39, 0.29) is 23.5 Å². The molecule has 0 aliphatic rings. The topological polar surface area (TPSA) is 40.1 Å². The van der Waals surface area contributed by atoms with Gasteiger partial charge in [0.1, 0.15) is 0 Å². The van der Waals surface area contributed by atoms with Crippen LogP contribution in [0.5, 0.6) is 0 Å². The van der Waals surface area contributed by atoms with Crippen LogP contribution in [0.3, 0.4) is 0 Å². The van der Waals surface area contributed by atoms with Crippen molar-refractivity contribution in [1.29, 1.82) is 0 Å². The summed E-state index contributed by atoms with van der Waals surface area (Å²) in [6.45, 7) is 3.66. The Hall–Kier alpha value is -0.271. The van der Waals surface area contributed by atoms with E-state index < -0.39 is 5.97 Å². The van der Waals surface area contributed by atoms with Gasteiger partial charge in [0.05, 0.1) is 0 Å². The molecule has 0 saturated carbocycles. The van der Waals surface area contributed by atoms with Crippen molar-refractivity contribution in [2.24, 2.45) is 0 Å². The maximum absolute atomic E-state index is 10.1. The van der Waals surface area contributed by atoms with Crippen LogP contribution in [0.25, 0.3) is 0 Å². The van der Waals surface area contributed by atoms with E-state index in [9.17, 15) is 9.90 Å². The molecule has 0 saturated heterocycles. The molecule has 0 bridgehead atoms. The fraction of sp³-hybridized carbons (Fsp3) is 0.727. The van der Waals surface area contributed by atoms with Crippen molar-refractivity contribution in [3.05, 3.63) is 12.7 Å². The first-order chi connectivity index (χ1) is 6.27. The average Bonchev–Trinajstić information content (AvgIpc) is 2.09. The number of rotatable bonds is 9. The number of allylic oxidation sites excluding steroid dienone is 1. The van der Waals surface area contributed by atoms with Gasteiger partial charge in [-0.05, 0) is 25.7 Å². The third-order valence-electron chi connectivity index (χ3n) is 2.04. The number of carboxylic acids is 1. The monoisotopic (exact) mass is 246 g/mol. The summed E-state index contributed by atoms with van der Waals surface area (Å²) in [4.78, 5) is 10.1. The minimum Gasteiger partial charge on any atom is -0.550 e. The summed E-state index contributed by atoms with van der Waals surface area (Å²) in [5.74, 6) is -0.924. The number of carbonyl (C=O) groups is 1. The van der Waals surface area contributed by atoms with Crippen LogP contribution in [-0.2, 0) is 21.9 Å². The molecular formula is C11H19CuO2+. The van der Waals surface area contributed by atoms with Gasteiger partial charge in [0.15, 0.2) is 0 Å². The summed E-state index contributed by atoms with van der Waals surface area (Å²) in [6, 6.07) is 0. The summed E-state index contributed by atoms with van der Waals surface area (Å²) in [5.41, 5.74) is 0. The standard InChI is InChI=1S/C11H20O2.Cu/c1-2-3-4-5-6-7-8-9-10-11(12)13;/h2H,1,3-10H2,(H,12,13);/q;+2/p-1. The van der Waals surface area contributed by atoms with Gasteiger partial charge in [-0.3, -0.25) is 0 Å². The van der Waals surface area contributed by atoms with Crippen molar-refractivity contribution in [3.63, 3.8) is 0 Å². The van der Waals surface area contributed by atoms with Crippen LogP contribution in [0.15, 0.2) is 12.7 Å². The molecular weight excluding hydrogens is 228 g/mol. The van der Waals surface area contributed by atoms with Crippen molar-refractivity contribution < 1.29 is 27.0 Å². The van der Waals surface area contributed by atoms with E-state index >= 15 is 0 Å². The van der Waals surface area contributed by atoms with Crippen LogP contribution in [0.1, 0.15) is 51.4 Å². The Kier molecular flexibility index (Phi) is 14.7. The first-order valence-electron chi connectivity index (χ1n) is 5.08. The summed E-state index contributed by atoms with van der Waals surface area (Å²) >= 11 is 0. The predicted octanol–water partition coefficient (Wildman–Crippen LogP) is 2.04. The number of hydrogen-bond donors (Lipinski definition) is 0. The first-order valence-corrected chi connectivity index (χ1v) is 5.08. The summed E-state index contributed by atoms with van der Waals surface area (Å²) in [7, 11) is 0. The molecule has 0 aliphatic heterocycles. The van der Waals surface area contributed by atoms with Crippen LogP contribution in [0.4, 0.5) is 0 Å². The Morgan fingerprint density at radius 2 is 1.57 bits per heavy atom. The normalized spacial score (nSPS) is 9.14. The zero-order chi connectivity index (χ0) is 9.94. The van der Waals surface area contributed by atoms with Crippen LogP contribution >= 0.6 is 0 Å². The minimum atomic E-state index is -0.924. The summed E-state index contributed by atoms with van der Waals surface area (Å²) in [6.07, 6.45) is 9.83. The number of unbranched alkanes of at least 4 members (excludes halogenated alkanes) is 6. The van der Waals surface area contributed by atoms with E-state index in [2.05, 4.69) is 6.58 Å². The van der Waals surface area contributed by atoms with Gasteiger partial charge in [0.2, 0.25) is 0 Å². The molecule has 0 aromatic heterocycles. The minimum absolute atomic E-state index is 0. The summed E-state index contributed by atoms with van der Waals surface area (Å²) < 4.78 is 0. The van der Waals surface area contributed by atoms with Gasteiger partial charge >= 0.3 is 17.1 Å². The fourth-order valence-corrected chi connectivity index (χ4v) is 1.27. The second kappa shape index (κ2) is 12.7. The van der Waals surface area contributed by atoms with Gasteiger partial charge in [0.25, 0.3) is 0 Å². The molecule has 85 valence electrons. The Labute approximate surface area is 97.3 Å². The Bertz CT molecular complexity index is 146. The van der Waals surface area contributed by atoms with Crippen molar-refractivity contribution in [2.75, 3.05) is 0 Å². The molecule has 0 atom stereocenters. The van der Waals surface area contributed by atoms with E-state index in [1.54, 1.807) is 0 Å². The average molecular weight is 247 g/mol. The smallest absolute Gasteiger partial charge is 0.550 e. The molecule has 0 spiro atoms. The number of carbonyl (C=O) groups excluding carboxylic acids is 1. The molecule has 0 heterocycles. The fourth-order valence-electron chi connectivity index (χ4n) is 1.27. The Morgan fingerprint density at radius 3 is 2.07 bits per heavy atom. The van der Waals surface area contributed by atoms with Gasteiger partial charge < -0.3 is 9.90 Å². The molecule has 2 nitrogen and oxygen atoms in total. The van der Waals surface area contributed by atoms with Crippen LogP contribution in [-0.4, -0.2) is 5.97 Å². The van der Waals surface area contributed by atoms with Crippen LogP contribution < -0.4 is 5.11 Å². The molecule has 0 N–H and O–H groups in total.